The van der Waals surface area contributed by atoms with E-state index in [2.05, 4.69) is 27.7 Å². The highest BCUT2D eigenvalue weighted by molar-refractivity contribution is 5.95. The smallest absolute Gasteiger partial charge is 0.337 e. The zero-order valence-electron chi connectivity index (χ0n) is 22.8. The van der Waals surface area contributed by atoms with Crippen molar-refractivity contribution in [2.45, 2.75) is 32.5 Å². The van der Waals surface area contributed by atoms with Crippen molar-refractivity contribution in [3.63, 3.8) is 0 Å². The highest BCUT2D eigenvalue weighted by atomic mass is 16.5. The van der Waals surface area contributed by atoms with E-state index in [4.69, 9.17) is 18.9 Å². The number of phenols is 1. The lowest BCUT2D eigenvalue weighted by Gasteiger charge is -2.28. The first-order valence-electron chi connectivity index (χ1n) is 12.5. The monoisotopic (exact) mass is 554 g/mol. The van der Waals surface area contributed by atoms with Crippen molar-refractivity contribution in [2.75, 3.05) is 27.4 Å². The first-order chi connectivity index (χ1) is 19.2. The Hall–Kier alpha value is -4.71. The largest absolute Gasteiger partial charge is 0.504 e. The van der Waals surface area contributed by atoms with Gasteiger partial charge in [0.25, 0.3) is 0 Å². The molecule has 214 valence electrons. The third-order valence-corrected chi connectivity index (χ3v) is 5.87. The summed E-state index contributed by atoms with van der Waals surface area (Å²) in [4.78, 5) is 24.5. The van der Waals surface area contributed by atoms with Gasteiger partial charge in [-0.15, -0.1) is 6.58 Å². The number of benzene rings is 2. The van der Waals surface area contributed by atoms with Crippen LogP contribution in [0.25, 0.3) is 0 Å². The van der Waals surface area contributed by atoms with Crippen molar-refractivity contribution >= 4 is 18.2 Å². The van der Waals surface area contributed by atoms with Gasteiger partial charge in [0.05, 0.1) is 38.7 Å². The van der Waals surface area contributed by atoms with Crippen LogP contribution in [-0.2, 0) is 16.0 Å². The first-order valence-corrected chi connectivity index (χ1v) is 12.5. The van der Waals surface area contributed by atoms with Crippen LogP contribution in [0.15, 0.2) is 59.4 Å². The summed E-state index contributed by atoms with van der Waals surface area (Å²) in [5, 5.41) is 29.9. The van der Waals surface area contributed by atoms with Gasteiger partial charge in [0.2, 0.25) is 0 Å². The normalized spacial score (nSPS) is 15.6. The molecule has 1 aliphatic rings. The van der Waals surface area contributed by atoms with Crippen molar-refractivity contribution < 1.29 is 38.7 Å². The number of ether oxygens (including phenoxy) is 4. The molecule has 2 atom stereocenters. The Labute approximate surface area is 232 Å². The number of hydrazone groups is 1. The maximum atomic E-state index is 12.4. The number of amides is 2. The molecule has 5 N–H and O–H groups in total. The van der Waals surface area contributed by atoms with Crippen LogP contribution in [0.3, 0.4) is 0 Å². The maximum absolute atomic E-state index is 12.4. The Morgan fingerprint density at radius 2 is 1.98 bits per heavy atom. The summed E-state index contributed by atoms with van der Waals surface area (Å²) in [5.74, 6) is 0.452. The summed E-state index contributed by atoms with van der Waals surface area (Å²) in [5.41, 5.74) is 5.07. The number of urea groups is 1. The summed E-state index contributed by atoms with van der Waals surface area (Å²) in [6.45, 7) is 7.26. The van der Waals surface area contributed by atoms with Gasteiger partial charge in [0, 0.05) is 11.3 Å². The minimum Gasteiger partial charge on any atom is -0.504 e. The van der Waals surface area contributed by atoms with E-state index in [1.165, 1.54) is 20.4 Å². The summed E-state index contributed by atoms with van der Waals surface area (Å²) < 4.78 is 21.6. The zero-order chi connectivity index (χ0) is 29.2. The molecule has 40 heavy (non-hydrogen) atoms. The standard InChI is InChI=1S/C28H34N4O8/c1-6-8-19-11-17(12-22(37-4)26(19)34)14-29-32-23(33)15-40-20-10-9-18(13-21(20)39-7-2)25-24(27(35)38-5)16(3)30-28(36)31-25/h6,9-14,23,25,32-34H,1,7-8,15H2,2-5H3,(H2,30,31,36)/b29-14-/t23-,25+/m0/s1. The molecular formula is C28H34N4O8. The number of carbonyl (C=O) groups excluding carboxylic acids is 2. The minimum absolute atomic E-state index is 0.0345. The highest BCUT2D eigenvalue weighted by Crippen LogP contribution is 2.35. The van der Waals surface area contributed by atoms with Crippen molar-refractivity contribution in [3.05, 3.63) is 70.9 Å². The van der Waals surface area contributed by atoms with Crippen molar-refractivity contribution in [1.29, 1.82) is 0 Å². The molecule has 0 bridgehead atoms. The van der Waals surface area contributed by atoms with Gasteiger partial charge >= 0.3 is 12.0 Å². The molecule has 2 aromatic carbocycles. The van der Waals surface area contributed by atoms with Gasteiger partial charge in [-0.2, -0.15) is 5.10 Å². The summed E-state index contributed by atoms with van der Waals surface area (Å²) >= 11 is 0. The number of nitrogens with zero attached hydrogens (tertiary/aromatic N) is 1. The number of allylic oxidation sites excluding steroid dienone is 2. The molecule has 0 aliphatic carbocycles. The van der Waals surface area contributed by atoms with Crippen LogP contribution in [0.2, 0.25) is 0 Å². The average Bonchev–Trinajstić information content (AvgIpc) is 2.93. The molecule has 12 nitrogen and oxygen atoms in total. The zero-order valence-corrected chi connectivity index (χ0v) is 22.8. The number of methoxy groups -OCH3 is 2. The molecular weight excluding hydrogens is 520 g/mol. The van der Waals surface area contributed by atoms with Crippen LogP contribution in [0.5, 0.6) is 23.0 Å². The Morgan fingerprint density at radius 1 is 1.20 bits per heavy atom. The molecule has 0 fully saturated rings. The SMILES string of the molecule is C=CCc1cc(/C=N\N[C@@H](O)COc2ccc([C@H]3NC(=O)NC(C)=C3C(=O)OC)cc2OCC)cc(OC)c1O. The lowest BCUT2D eigenvalue weighted by atomic mass is 9.95. The molecule has 3 rings (SSSR count). The molecule has 0 saturated heterocycles. The van der Waals surface area contributed by atoms with E-state index in [1.807, 2.05) is 0 Å². The number of carbonyl (C=O) groups is 2. The van der Waals surface area contributed by atoms with Gasteiger partial charge in [0.1, 0.15) is 6.61 Å². The molecule has 0 spiro atoms. The minimum atomic E-state index is -1.17. The van der Waals surface area contributed by atoms with E-state index in [1.54, 1.807) is 50.3 Å². The van der Waals surface area contributed by atoms with Crippen molar-refractivity contribution in [2.24, 2.45) is 5.10 Å². The topological polar surface area (TPSA) is 160 Å². The van der Waals surface area contributed by atoms with E-state index in [0.29, 0.717) is 52.7 Å². The Bertz CT molecular complexity index is 1310. The van der Waals surface area contributed by atoms with Crippen LogP contribution < -0.4 is 30.3 Å². The number of hydrogen-bond acceptors (Lipinski definition) is 10. The van der Waals surface area contributed by atoms with E-state index in [-0.39, 0.29) is 17.9 Å². The number of hydrogen-bond donors (Lipinski definition) is 5. The lowest BCUT2D eigenvalue weighted by Crippen LogP contribution is -2.45. The average molecular weight is 555 g/mol. The summed E-state index contributed by atoms with van der Waals surface area (Å²) in [6, 6.07) is 7.09. The van der Waals surface area contributed by atoms with E-state index in [0.717, 1.165) is 0 Å². The second-order valence-electron chi connectivity index (χ2n) is 8.64. The van der Waals surface area contributed by atoms with Crippen LogP contribution in [0.1, 0.15) is 36.6 Å². The lowest BCUT2D eigenvalue weighted by molar-refractivity contribution is -0.136. The maximum Gasteiger partial charge on any atom is 0.337 e. The predicted molar refractivity (Wildman–Crippen MR) is 148 cm³/mol. The van der Waals surface area contributed by atoms with Crippen molar-refractivity contribution in [1.82, 2.24) is 16.1 Å². The number of phenolic OH excluding ortho intramolecular Hbond substituents is 1. The van der Waals surface area contributed by atoms with Gasteiger partial charge < -0.3 is 39.8 Å². The first kappa shape index (κ1) is 29.8. The Kier molecular flexibility index (Phi) is 10.4. The molecule has 12 heteroatoms. The fourth-order valence-electron chi connectivity index (χ4n) is 4.05. The van der Waals surface area contributed by atoms with E-state index >= 15 is 0 Å². The second-order valence-corrected chi connectivity index (χ2v) is 8.64. The quantitative estimate of drug-likeness (QED) is 0.0824. The third-order valence-electron chi connectivity index (χ3n) is 5.87. The molecule has 1 heterocycles. The van der Waals surface area contributed by atoms with Crippen LogP contribution >= 0.6 is 0 Å². The van der Waals surface area contributed by atoms with Crippen LogP contribution in [0.4, 0.5) is 4.79 Å². The highest BCUT2D eigenvalue weighted by Gasteiger charge is 2.32. The fourth-order valence-corrected chi connectivity index (χ4v) is 4.05. The van der Waals surface area contributed by atoms with Gasteiger partial charge in [0.15, 0.2) is 29.2 Å². The molecule has 0 unspecified atom stereocenters. The summed E-state index contributed by atoms with van der Waals surface area (Å²) in [7, 11) is 2.72. The second kappa shape index (κ2) is 13.9. The van der Waals surface area contributed by atoms with Crippen LogP contribution in [0, 0.1) is 0 Å². The van der Waals surface area contributed by atoms with Gasteiger partial charge in [-0.05, 0) is 55.7 Å². The van der Waals surface area contributed by atoms with Crippen LogP contribution in [-0.4, -0.2) is 62.1 Å². The third kappa shape index (κ3) is 7.23. The number of aliphatic hydroxyl groups excluding tert-OH is 1. The predicted octanol–water partition coefficient (Wildman–Crippen LogP) is 2.65. The van der Waals surface area contributed by atoms with Crippen molar-refractivity contribution in [3.8, 4) is 23.0 Å². The number of nitrogens with one attached hydrogen (secondary N) is 3. The molecule has 0 radical (unpaired) electrons. The fraction of sp³-hybridized carbons (Fsp3) is 0.321. The Morgan fingerprint density at radius 3 is 2.65 bits per heavy atom. The summed E-state index contributed by atoms with van der Waals surface area (Å²) in [6.07, 6.45) is 2.41. The molecule has 0 aromatic heterocycles. The number of aromatic hydroxyl groups is 1. The molecule has 0 saturated carbocycles. The van der Waals surface area contributed by atoms with Gasteiger partial charge in [-0.25, -0.2) is 9.59 Å². The van der Waals surface area contributed by atoms with E-state index in [9.17, 15) is 19.8 Å². The molecule has 2 aromatic rings. The number of esters is 1. The van der Waals surface area contributed by atoms with Gasteiger partial charge in [-0.1, -0.05) is 12.1 Å². The van der Waals surface area contributed by atoms with E-state index < -0.39 is 24.3 Å². The number of aliphatic hydroxyl groups is 1. The number of rotatable bonds is 13. The Balaban J connectivity index is 1.71. The molecule has 1 aliphatic heterocycles. The molecule has 2 amide bonds. The van der Waals surface area contributed by atoms with Gasteiger partial charge in [-0.3, -0.25) is 5.43 Å².